The molecule has 1 nitrogen and oxygen atoms in total. The highest BCUT2D eigenvalue weighted by molar-refractivity contribution is 14.1. The van der Waals surface area contributed by atoms with Gasteiger partial charge in [0, 0.05) is 4.43 Å². The predicted octanol–water partition coefficient (Wildman–Crippen LogP) is 2.80. The summed E-state index contributed by atoms with van der Waals surface area (Å²) in [5, 5.41) is 0. The number of rotatable bonds is 3. The Morgan fingerprint density at radius 2 is 1.43 bits per heavy atom. The number of alkyl halides is 1. The summed E-state index contributed by atoms with van der Waals surface area (Å²) < 4.78 is 6.84. The fraction of sp³-hybridized carbons (Fsp3) is 1.00. The van der Waals surface area contributed by atoms with Gasteiger partial charge >= 0.3 is 0 Å². The summed E-state index contributed by atoms with van der Waals surface area (Å²) in [5.74, 6) is 0.615. The highest BCUT2D eigenvalue weighted by atomic mass is 127. The second-order valence-electron chi connectivity index (χ2n) is 6.14. The molecular formula is C11H25IOSi. The SMILES string of the molecule is CC(C)(C)C(C(CI)O[SiH3])C(C)(C)C. The van der Waals surface area contributed by atoms with E-state index in [4.69, 9.17) is 4.43 Å². The van der Waals surface area contributed by atoms with Crippen LogP contribution in [0.25, 0.3) is 0 Å². The van der Waals surface area contributed by atoms with E-state index in [1.165, 1.54) is 0 Å². The molecule has 0 aromatic carbocycles. The Balaban J connectivity index is 4.91. The molecule has 1 unspecified atom stereocenters. The summed E-state index contributed by atoms with van der Waals surface area (Å²) in [6.45, 7) is 13.9. The smallest absolute Gasteiger partial charge is 0.146 e. The van der Waals surface area contributed by atoms with Crippen molar-refractivity contribution in [2.24, 2.45) is 16.7 Å². The van der Waals surface area contributed by atoms with Crippen LogP contribution in [0.5, 0.6) is 0 Å². The van der Waals surface area contributed by atoms with E-state index in [1.54, 1.807) is 0 Å². The molecule has 1 atom stereocenters. The molecule has 0 saturated heterocycles. The molecule has 0 fully saturated rings. The van der Waals surface area contributed by atoms with Crippen LogP contribution in [0.4, 0.5) is 0 Å². The Bertz CT molecular complexity index is 151. The standard InChI is InChI=1S/C11H25IOSi/c1-10(2,3)9(11(4,5)6)8(7-12)13-14/h8-9H,7H2,1-6,14H3. The maximum Gasteiger partial charge on any atom is 0.146 e. The molecular weight excluding hydrogens is 303 g/mol. The minimum absolute atomic E-state index is 0.318. The normalized spacial score (nSPS) is 16.3. The van der Waals surface area contributed by atoms with Gasteiger partial charge in [0.1, 0.15) is 10.5 Å². The molecule has 0 heterocycles. The Kier molecular flexibility index (Phi) is 5.64. The van der Waals surface area contributed by atoms with Gasteiger partial charge in [-0.15, -0.1) is 0 Å². The van der Waals surface area contributed by atoms with E-state index in [2.05, 4.69) is 64.1 Å². The van der Waals surface area contributed by atoms with Gasteiger partial charge in [0.15, 0.2) is 0 Å². The van der Waals surface area contributed by atoms with Crippen LogP contribution >= 0.6 is 22.6 Å². The minimum atomic E-state index is 0.318. The van der Waals surface area contributed by atoms with Gasteiger partial charge in [0.25, 0.3) is 0 Å². The first-order valence-corrected chi connectivity index (χ1v) is 7.57. The molecule has 0 aliphatic carbocycles. The summed E-state index contributed by atoms with van der Waals surface area (Å²) in [7, 11) is 0.842. The van der Waals surface area contributed by atoms with Crippen molar-refractivity contribution < 1.29 is 4.43 Å². The molecule has 0 N–H and O–H groups in total. The highest BCUT2D eigenvalue weighted by Crippen LogP contribution is 2.43. The average Bonchev–Trinajstić information content (AvgIpc) is 1.94. The van der Waals surface area contributed by atoms with Crippen molar-refractivity contribution in [3.63, 3.8) is 0 Å². The second kappa shape index (κ2) is 5.30. The van der Waals surface area contributed by atoms with Gasteiger partial charge in [-0.05, 0) is 16.7 Å². The quantitative estimate of drug-likeness (QED) is 0.440. The van der Waals surface area contributed by atoms with Crippen molar-refractivity contribution in [3.05, 3.63) is 0 Å². The maximum absolute atomic E-state index is 5.75. The summed E-state index contributed by atoms with van der Waals surface area (Å²) in [4.78, 5) is 0. The summed E-state index contributed by atoms with van der Waals surface area (Å²) in [6.07, 6.45) is 0.419. The van der Waals surface area contributed by atoms with Gasteiger partial charge in [-0.3, -0.25) is 0 Å². The predicted molar refractivity (Wildman–Crippen MR) is 76.1 cm³/mol. The number of hydrogen-bond donors (Lipinski definition) is 0. The molecule has 0 aliphatic heterocycles. The lowest BCUT2D eigenvalue weighted by Gasteiger charge is -2.44. The molecule has 0 amide bonds. The zero-order valence-electron chi connectivity index (χ0n) is 10.6. The van der Waals surface area contributed by atoms with Gasteiger partial charge in [-0.25, -0.2) is 0 Å². The van der Waals surface area contributed by atoms with Crippen LogP contribution in [-0.2, 0) is 4.43 Å². The first-order chi connectivity index (χ1) is 6.14. The topological polar surface area (TPSA) is 9.23 Å². The monoisotopic (exact) mass is 328 g/mol. The fourth-order valence-electron chi connectivity index (χ4n) is 2.70. The average molecular weight is 328 g/mol. The lowest BCUT2D eigenvalue weighted by atomic mass is 9.64. The van der Waals surface area contributed by atoms with Crippen molar-refractivity contribution in [1.29, 1.82) is 0 Å². The van der Waals surface area contributed by atoms with Crippen molar-refractivity contribution in [1.82, 2.24) is 0 Å². The first-order valence-electron chi connectivity index (χ1n) is 5.23. The van der Waals surface area contributed by atoms with Crippen LogP contribution in [0.15, 0.2) is 0 Å². The Morgan fingerprint density at radius 3 is 1.50 bits per heavy atom. The molecule has 0 saturated carbocycles. The zero-order valence-corrected chi connectivity index (χ0v) is 14.8. The lowest BCUT2D eigenvalue weighted by molar-refractivity contribution is 0.00618. The van der Waals surface area contributed by atoms with Gasteiger partial charge in [-0.1, -0.05) is 64.1 Å². The largest absolute Gasteiger partial charge is 0.424 e. The molecule has 14 heavy (non-hydrogen) atoms. The molecule has 3 heteroatoms. The van der Waals surface area contributed by atoms with Crippen molar-refractivity contribution in [2.75, 3.05) is 4.43 Å². The third kappa shape index (κ3) is 4.19. The summed E-state index contributed by atoms with van der Waals surface area (Å²) in [6, 6.07) is 0. The first kappa shape index (κ1) is 14.9. The van der Waals surface area contributed by atoms with Crippen LogP contribution in [0.3, 0.4) is 0 Å². The van der Waals surface area contributed by atoms with E-state index in [9.17, 15) is 0 Å². The van der Waals surface area contributed by atoms with Crippen molar-refractivity contribution in [3.8, 4) is 0 Å². The molecule has 0 radical (unpaired) electrons. The second-order valence-corrected chi connectivity index (χ2v) is 7.49. The van der Waals surface area contributed by atoms with Crippen LogP contribution in [-0.4, -0.2) is 21.0 Å². The molecule has 0 rings (SSSR count). The minimum Gasteiger partial charge on any atom is -0.424 e. The number of halogens is 1. The maximum atomic E-state index is 5.75. The van der Waals surface area contributed by atoms with E-state index < -0.39 is 0 Å². The molecule has 86 valence electrons. The van der Waals surface area contributed by atoms with Gasteiger partial charge in [-0.2, -0.15) is 0 Å². The Morgan fingerprint density at radius 1 is 1.07 bits per heavy atom. The van der Waals surface area contributed by atoms with E-state index >= 15 is 0 Å². The highest BCUT2D eigenvalue weighted by Gasteiger charge is 2.39. The van der Waals surface area contributed by atoms with Crippen LogP contribution < -0.4 is 0 Å². The molecule has 0 aromatic rings. The van der Waals surface area contributed by atoms with Crippen LogP contribution in [0.2, 0.25) is 0 Å². The molecule has 0 bridgehead atoms. The zero-order chi connectivity index (χ0) is 11.6. The molecule has 0 aliphatic rings. The van der Waals surface area contributed by atoms with Gasteiger partial charge in [0.2, 0.25) is 0 Å². The third-order valence-corrected chi connectivity index (χ3v) is 4.17. The van der Waals surface area contributed by atoms with Crippen molar-refractivity contribution in [2.45, 2.75) is 47.6 Å². The van der Waals surface area contributed by atoms with E-state index in [0.29, 0.717) is 22.9 Å². The summed E-state index contributed by atoms with van der Waals surface area (Å²) in [5.41, 5.74) is 0.636. The van der Waals surface area contributed by atoms with E-state index in [-0.39, 0.29) is 0 Å². The summed E-state index contributed by atoms with van der Waals surface area (Å²) >= 11 is 2.44. The molecule has 0 aromatic heterocycles. The lowest BCUT2D eigenvalue weighted by Crippen LogP contribution is -2.43. The Hall–Kier alpha value is 0.907. The van der Waals surface area contributed by atoms with Gasteiger partial charge in [0.05, 0.1) is 6.10 Å². The van der Waals surface area contributed by atoms with E-state index in [1.807, 2.05) is 0 Å². The Labute approximate surface area is 106 Å². The fourth-order valence-corrected chi connectivity index (χ4v) is 4.69. The van der Waals surface area contributed by atoms with Crippen LogP contribution in [0.1, 0.15) is 41.5 Å². The van der Waals surface area contributed by atoms with Gasteiger partial charge < -0.3 is 4.43 Å². The third-order valence-electron chi connectivity index (χ3n) is 2.69. The van der Waals surface area contributed by atoms with Crippen LogP contribution in [0, 0.1) is 16.7 Å². The van der Waals surface area contributed by atoms with E-state index in [0.717, 1.165) is 14.9 Å². The number of hydrogen-bond acceptors (Lipinski definition) is 1. The molecule has 0 spiro atoms. The van der Waals surface area contributed by atoms with Crippen molar-refractivity contribution >= 4 is 33.1 Å².